The van der Waals surface area contributed by atoms with E-state index in [1.54, 1.807) is 13.0 Å². The van der Waals surface area contributed by atoms with Crippen LogP contribution in [-0.4, -0.2) is 37.7 Å². The van der Waals surface area contributed by atoms with E-state index in [1.807, 2.05) is 0 Å². The van der Waals surface area contributed by atoms with E-state index in [2.05, 4.69) is 15.8 Å². The maximum atomic E-state index is 11.5. The molecule has 106 valence electrons. The highest BCUT2D eigenvalue weighted by Crippen LogP contribution is 2.17. The molecule has 1 saturated heterocycles. The maximum Gasteiger partial charge on any atom is 0.315 e. The molecule has 1 aliphatic heterocycles. The molecule has 1 atom stereocenters. The van der Waals surface area contributed by atoms with Gasteiger partial charge in [0.1, 0.15) is 11.5 Å². The normalized spacial score (nSPS) is 21.2. The summed E-state index contributed by atoms with van der Waals surface area (Å²) in [6, 6.07) is 1.41. The molecule has 19 heavy (non-hydrogen) atoms. The van der Waals surface area contributed by atoms with E-state index in [1.165, 1.54) is 0 Å². The quantitative estimate of drug-likeness (QED) is 0.824. The summed E-state index contributed by atoms with van der Waals surface area (Å²) in [5, 5.41) is 9.05. The first-order valence-electron chi connectivity index (χ1n) is 6.09. The Hall–Kier alpha value is -1.57. The third-order valence-electron chi connectivity index (χ3n) is 2.98. The van der Waals surface area contributed by atoms with Crippen molar-refractivity contribution in [2.45, 2.75) is 19.9 Å². The zero-order chi connectivity index (χ0) is 13.9. The van der Waals surface area contributed by atoms with Crippen LogP contribution >= 0.6 is 0 Å². The SMILES string of the molecule is Cc1cc(CNC(=O)NCC2CCS(=O)(=O)C2)no1. The van der Waals surface area contributed by atoms with Gasteiger partial charge in [-0.25, -0.2) is 13.2 Å². The number of nitrogens with one attached hydrogen (secondary N) is 2. The first kappa shape index (κ1) is 13.9. The number of hydrogen-bond acceptors (Lipinski definition) is 5. The number of carbonyl (C=O) groups excluding carboxylic acids is 1. The molecule has 2 rings (SSSR count). The van der Waals surface area contributed by atoms with Crippen molar-refractivity contribution in [2.75, 3.05) is 18.1 Å². The van der Waals surface area contributed by atoms with Gasteiger partial charge in [-0.3, -0.25) is 0 Å². The third-order valence-corrected chi connectivity index (χ3v) is 4.82. The van der Waals surface area contributed by atoms with Gasteiger partial charge in [0.15, 0.2) is 9.84 Å². The van der Waals surface area contributed by atoms with Crippen molar-refractivity contribution in [3.05, 3.63) is 17.5 Å². The molecule has 0 radical (unpaired) electrons. The molecular formula is C11H17N3O4S. The number of hydrogen-bond donors (Lipinski definition) is 2. The van der Waals surface area contributed by atoms with Crippen LogP contribution in [0, 0.1) is 12.8 Å². The average Bonchev–Trinajstić information content (AvgIpc) is 2.90. The van der Waals surface area contributed by atoms with Crippen LogP contribution in [-0.2, 0) is 16.4 Å². The molecule has 2 amide bonds. The van der Waals surface area contributed by atoms with E-state index < -0.39 is 9.84 Å². The summed E-state index contributed by atoms with van der Waals surface area (Å²) in [4.78, 5) is 11.5. The molecule has 2 N–H and O–H groups in total. The molecule has 0 aliphatic carbocycles. The fraction of sp³-hybridized carbons (Fsp3) is 0.636. The number of urea groups is 1. The summed E-state index contributed by atoms with van der Waals surface area (Å²) in [6.45, 7) is 2.44. The van der Waals surface area contributed by atoms with Crippen LogP contribution in [0.3, 0.4) is 0 Å². The van der Waals surface area contributed by atoms with Crippen LogP contribution in [0.2, 0.25) is 0 Å². The van der Waals surface area contributed by atoms with Crippen LogP contribution in [0.5, 0.6) is 0 Å². The third kappa shape index (κ3) is 4.23. The lowest BCUT2D eigenvalue weighted by Gasteiger charge is -2.10. The van der Waals surface area contributed by atoms with Gasteiger partial charge in [0.25, 0.3) is 0 Å². The van der Waals surface area contributed by atoms with E-state index in [4.69, 9.17) is 4.52 Å². The molecule has 0 bridgehead atoms. The molecule has 0 spiro atoms. The number of sulfone groups is 1. The maximum absolute atomic E-state index is 11.5. The van der Waals surface area contributed by atoms with Crippen molar-refractivity contribution in [1.29, 1.82) is 0 Å². The van der Waals surface area contributed by atoms with Crippen molar-refractivity contribution >= 4 is 15.9 Å². The molecule has 1 aromatic heterocycles. The highest BCUT2D eigenvalue weighted by atomic mass is 32.2. The highest BCUT2D eigenvalue weighted by Gasteiger charge is 2.27. The second kappa shape index (κ2) is 5.60. The number of aryl methyl sites for hydroxylation is 1. The van der Waals surface area contributed by atoms with Crippen molar-refractivity contribution in [3.63, 3.8) is 0 Å². The molecule has 8 heteroatoms. The van der Waals surface area contributed by atoms with Gasteiger partial charge in [-0.1, -0.05) is 5.16 Å². The topological polar surface area (TPSA) is 101 Å². The Labute approximate surface area is 111 Å². The Bertz CT molecular complexity index is 552. The number of amides is 2. The second-order valence-corrected chi connectivity index (χ2v) is 6.99. The zero-order valence-corrected chi connectivity index (χ0v) is 11.5. The van der Waals surface area contributed by atoms with Crippen LogP contribution in [0.25, 0.3) is 0 Å². The number of nitrogens with zero attached hydrogens (tertiary/aromatic N) is 1. The largest absolute Gasteiger partial charge is 0.361 e. The molecule has 1 unspecified atom stereocenters. The summed E-state index contributed by atoms with van der Waals surface area (Å²) in [6.07, 6.45) is 0.616. The van der Waals surface area contributed by atoms with Crippen molar-refractivity contribution < 1.29 is 17.7 Å². The molecular weight excluding hydrogens is 270 g/mol. The minimum absolute atomic E-state index is 0.0186. The van der Waals surface area contributed by atoms with Gasteiger partial charge in [0.05, 0.1) is 18.1 Å². The lowest BCUT2D eigenvalue weighted by Crippen LogP contribution is -2.38. The minimum Gasteiger partial charge on any atom is -0.361 e. The van der Waals surface area contributed by atoms with Crippen LogP contribution in [0.1, 0.15) is 17.9 Å². The summed E-state index contributed by atoms with van der Waals surface area (Å²) >= 11 is 0. The number of aromatic nitrogens is 1. The lowest BCUT2D eigenvalue weighted by atomic mass is 10.1. The fourth-order valence-electron chi connectivity index (χ4n) is 2.00. The smallest absolute Gasteiger partial charge is 0.315 e. The average molecular weight is 287 g/mol. The van der Waals surface area contributed by atoms with Crippen molar-refractivity contribution in [1.82, 2.24) is 15.8 Å². The first-order chi connectivity index (χ1) is 8.94. The second-order valence-electron chi connectivity index (χ2n) is 4.76. The molecule has 7 nitrogen and oxygen atoms in total. The Morgan fingerprint density at radius 1 is 1.53 bits per heavy atom. The predicted octanol–water partition coefficient (Wildman–Crippen LogP) is 0.217. The van der Waals surface area contributed by atoms with Crippen molar-refractivity contribution in [2.24, 2.45) is 5.92 Å². The first-order valence-corrected chi connectivity index (χ1v) is 7.91. The Kier molecular flexibility index (Phi) is 4.08. The summed E-state index contributed by atoms with van der Waals surface area (Å²) in [5.41, 5.74) is 0.649. The fourth-order valence-corrected chi connectivity index (χ4v) is 3.87. The van der Waals surface area contributed by atoms with E-state index >= 15 is 0 Å². The molecule has 1 aromatic rings. The van der Waals surface area contributed by atoms with Gasteiger partial charge >= 0.3 is 6.03 Å². The highest BCUT2D eigenvalue weighted by molar-refractivity contribution is 7.91. The summed E-state index contributed by atoms with van der Waals surface area (Å²) in [7, 11) is -2.89. The van der Waals surface area contributed by atoms with Crippen LogP contribution in [0.15, 0.2) is 10.6 Å². The molecule has 2 heterocycles. The lowest BCUT2D eigenvalue weighted by molar-refractivity contribution is 0.238. The molecule has 0 aromatic carbocycles. The Morgan fingerprint density at radius 3 is 2.89 bits per heavy atom. The van der Waals surface area contributed by atoms with E-state index in [0.717, 1.165) is 0 Å². The molecule has 1 fully saturated rings. The van der Waals surface area contributed by atoms with E-state index in [-0.39, 0.29) is 30.0 Å². The van der Waals surface area contributed by atoms with E-state index in [9.17, 15) is 13.2 Å². The summed E-state index contributed by atoms with van der Waals surface area (Å²) < 4.78 is 27.4. The van der Waals surface area contributed by atoms with Crippen molar-refractivity contribution in [3.8, 4) is 0 Å². The Morgan fingerprint density at radius 2 is 2.32 bits per heavy atom. The minimum atomic E-state index is -2.89. The predicted molar refractivity (Wildman–Crippen MR) is 68.2 cm³/mol. The van der Waals surface area contributed by atoms with Gasteiger partial charge in [0, 0.05) is 12.6 Å². The van der Waals surface area contributed by atoms with Gasteiger partial charge in [-0.05, 0) is 19.3 Å². The summed E-state index contributed by atoms with van der Waals surface area (Å²) in [5.74, 6) is 1.09. The van der Waals surface area contributed by atoms with Gasteiger partial charge < -0.3 is 15.2 Å². The monoisotopic (exact) mass is 287 g/mol. The van der Waals surface area contributed by atoms with E-state index in [0.29, 0.717) is 24.4 Å². The van der Waals surface area contributed by atoms with Crippen LogP contribution in [0.4, 0.5) is 4.79 Å². The van der Waals surface area contributed by atoms with Crippen LogP contribution < -0.4 is 10.6 Å². The zero-order valence-electron chi connectivity index (χ0n) is 10.7. The Balaban J connectivity index is 1.68. The number of rotatable bonds is 4. The van der Waals surface area contributed by atoms with Gasteiger partial charge in [-0.2, -0.15) is 0 Å². The van der Waals surface area contributed by atoms with Gasteiger partial charge in [0.2, 0.25) is 0 Å². The van der Waals surface area contributed by atoms with Gasteiger partial charge in [-0.15, -0.1) is 0 Å². The molecule has 1 aliphatic rings. The standard InChI is InChI=1S/C11H17N3O4S/c1-8-4-10(14-18-8)6-13-11(15)12-5-9-2-3-19(16,17)7-9/h4,9H,2-3,5-7H2,1H3,(H2,12,13,15). The number of carbonyl (C=O) groups is 1. The molecule has 0 saturated carbocycles.